The third-order valence-corrected chi connectivity index (χ3v) is 3.64. The number of hydrogen-bond acceptors (Lipinski definition) is 4. The van der Waals surface area contributed by atoms with Crippen molar-refractivity contribution >= 4 is 5.97 Å². The van der Waals surface area contributed by atoms with Crippen LogP contribution in [0.2, 0.25) is 0 Å². The fraction of sp³-hybridized carbons (Fsp3) is 0.500. The zero-order valence-corrected chi connectivity index (χ0v) is 11.4. The van der Waals surface area contributed by atoms with Gasteiger partial charge in [0.1, 0.15) is 17.2 Å². The third-order valence-electron chi connectivity index (χ3n) is 3.64. The van der Waals surface area contributed by atoms with Gasteiger partial charge in [-0.25, -0.2) is 0 Å². The molecule has 1 aromatic rings. The molecule has 5 heteroatoms. The molecule has 0 atom stereocenters. The molecule has 0 unspecified atom stereocenters. The molecule has 1 aliphatic rings. The summed E-state index contributed by atoms with van der Waals surface area (Å²) < 4.78 is 15.8. The van der Waals surface area contributed by atoms with Crippen LogP contribution in [0.5, 0.6) is 17.2 Å². The Morgan fingerprint density at radius 2 is 1.68 bits per heavy atom. The van der Waals surface area contributed by atoms with Crippen LogP contribution in [0.15, 0.2) is 12.1 Å². The quantitative estimate of drug-likeness (QED) is 0.854. The number of carboxylic acid groups (broad SMARTS) is 1. The molecule has 0 heterocycles. The lowest BCUT2D eigenvalue weighted by Crippen LogP contribution is -2.18. The van der Waals surface area contributed by atoms with Crippen LogP contribution in [0.25, 0.3) is 0 Å². The van der Waals surface area contributed by atoms with Gasteiger partial charge in [-0.2, -0.15) is 0 Å². The van der Waals surface area contributed by atoms with Gasteiger partial charge in [0.15, 0.2) is 0 Å². The van der Waals surface area contributed by atoms with E-state index in [1.165, 1.54) is 0 Å². The van der Waals surface area contributed by atoms with Gasteiger partial charge in [0.2, 0.25) is 0 Å². The first-order chi connectivity index (χ1) is 9.06. The molecule has 104 valence electrons. The van der Waals surface area contributed by atoms with E-state index in [9.17, 15) is 9.90 Å². The zero-order chi connectivity index (χ0) is 14.0. The van der Waals surface area contributed by atoms with Crippen LogP contribution in [0.1, 0.15) is 18.4 Å². The van der Waals surface area contributed by atoms with Crippen LogP contribution in [0.4, 0.5) is 0 Å². The first kappa shape index (κ1) is 13.5. The van der Waals surface area contributed by atoms with Gasteiger partial charge in [-0.3, -0.25) is 4.79 Å². The average molecular weight is 266 g/mol. The molecule has 0 aromatic heterocycles. The summed E-state index contributed by atoms with van der Waals surface area (Å²) in [5, 5.41) is 9.29. The van der Waals surface area contributed by atoms with E-state index in [0.717, 1.165) is 5.56 Å². The molecular formula is C14H18O5. The largest absolute Gasteiger partial charge is 0.496 e. The van der Waals surface area contributed by atoms with Crippen LogP contribution < -0.4 is 14.2 Å². The molecule has 0 bridgehead atoms. The summed E-state index contributed by atoms with van der Waals surface area (Å²) in [5.41, 5.74) is 0.125. The second-order valence-electron chi connectivity index (χ2n) is 4.77. The molecule has 1 aliphatic carbocycles. The Kier molecular flexibility index (Phi) is 3.55. The summed E-state index contributed by atoms with van der Waals surface area (Å²) >= 11 is 0. The highest BCUT2D eigenvalue weighted by Crippen LogP contribution is 2.51. The molecule has 2 rings (SSSR count). The van der Waals surface area contributed by atoms with Crippen molar-refractivity contribution in [2.24, 2.45) is 5.41 Å². The van der Waals surface area contributed by atoms with Crippen molar-refractivity contribution in [1.82, 2.24) is 0 Å². The smallest absolute Gasteiger partial charge is 0.309 e. The predicted octanol–water partition coefficient (Wildman–Crippen LogP) is 2.12. The maximum Gasteiger partial charge on any atom is 0.309 e. The lowest BCUT2D eigenvalue weighted by Gasteiger charge is -2.17. The molecule has 19 heavy (non-hydrogen) atoms. The second-order valence-corrected chi connectivity index (χ2v) is 4.77. The Hall–Kier alpha value is -1.91. The van der Waals surface area contributed by atoms with Crippen molar-refractivity contribution in [3.63, 3.8) is 0 Å². The van der Waals surface area contributed by atoms with Gasteiger partial charge in [-0.15, -0.1) is 0 Å². The van der Waals surface area contributed by atoms with E-state index in [-0.39, 0.29) is 0 Å². The Morgan fingerprint density at radius 1 is 1.16 bits per heavy atom. The van der Waals surface area contributed by atoms with E-state index in [4.69, 9.17) is 14.2 Å². The monoisotopic (exact) mass is 266 g/mol. The van der Waals surface area contributed by atoms with E-state index in [2.05, 4.69) is 0 Å². The fourth-order valence-electron chi connectivity index (χ4n) is 2.21. The number of carbonyl (C=O) groups is 1. The Balaban J connectivity index is 2.40. The number of benzene rings is 1. The first-order valence-corrected chi connectivity index (χ1v) is 6.08. The first-order valence-electron chi connectivity index (χ1n) is 6.08. The molecule has 1 N–H and O–H groups in total. The number of carboxylic acids is 1. The van der Waals surface area contributed by atoms with E-state index < -0.39 is 11.4 Å². The standard InChI is InChI=1S/C14H18O5/c1-17-9-6-11(18-2)10(12(7-9)19-3)8-14(4-5-14)13(15)16/h6-7H,4-5,8H2,1-3H3,(H,15,16). The normalized spacial score (nSPS) is 15.7. The molecule has 0 aliphatic heterocycles. The van der Waals surface area contributed by atoms with Crippen LogP contribution in [-0.2, 0) is 11.2 Å². The van der Waals surface area contributed by atoms with E-state index in [1.807, 2.05) is 0 Å². The number of aliphatic carboxylic acids is 1. The molecule has 0 saturated heterocycles. The summed E-state index contributed by atoms with van der Waals surface area (Å²) in [4.78, 5) is 11.3. The lowest BCUT2D eigenvalue weighted by molar-refractivity contribution is -0.143. The maximum absolute atomic E-state index is 11.3. The molecule has 0 radical (unpaired) electrons. The zero-order valence-electron chi connectivity index (χ0n) is 11.4. The number of rotatable bonds is 6. The fourth-order valence-corrected chi connectivity index (χ4v) is 2.21. The molecule has 1 saturated carbocycles. The van der Waals surface area contributed by atoms with Crippen molar-refractivity contribution in [1.29, 1.82) is 0 Å². The van der Waals surface area contributed by atoms with E-state index in [0.29, 0.717) is 36.5 Å². The minimum Gasteiger partial charge on any atom is -0.496 e. The average Bonchev–Trinajstić information content (AvgIpc) is 3.19. The third kappa shape index (κ3) is 2.45. The highest BCUT2D eigenvalue weighted by atomic mass is 16.5. The molecule has 0 amide bonds. The van der Waals surface area contributed by atoms with Crippen molar-refractivity contribution in [3.05, 3.63) is 17.7 Å². The second kappa shape index (κ2) is 4.99. The molecule has 1 fully saturated rings. The highest BCUT2D eigenvalue weighted by Gasteiger charge is 2.51. The molecule has 0 spiro atoms. The van der Waals surface area contributed by atoms with Gasteiger partial charge in [-0.1, -0.05) is 0 Å². The lowest BCUT2D eigenvalue weighted by atomic mass is 9.95. The predicted molar refractivity (Wildman–Crippen MR) is 69.1 cm³/mol. The van der Waals surface area contributed by atoms with Crippen LogP contribution >= 0.6 is 0 Å². The highest BCUT2D eigenvalue weighted by molar-refractivity contribution is 5.78. The summed E-state index contributed by atoms with van der Waals surface area (Å²) in [6.45, 7) is 0. The van der Waals surface area contributed by atoms with Gasteiger partial charge < -0.3 is 19.3 Å². The van der Waals surface area contributed by atoms with E-state index in [1.54, 1.807) is 33.5 Å². The summed E-state index contributed by atoms with van der Waals surface area (Å²) in [6, 6.07) is 3.49. The van der Waals surface area contributed by atoms with E-state index >= 15 is 0 Å². The summed E-state index contributed by atoms with van der Waals surface area (Å²) in [6.07, 6.45) is 1.81. The van der Waals surface area contributed by atoms with Gasteiger partial charge in [0, 0.05) is 17.7 Å². The van der Waals surface area contributed by atoms with Crippen molar-refractivity contribution in [2.75, 3.05) is 21.3 Å². The van der Waals surface area contributed by atoms with Crippen LogP contribution in [0.3, 0.4) is 0 Å². The molecule has 5 nitrogen and oxygen atoms in total. The summed E-state index contributed by atoms with van der Waals surface area (Å²) in [7, 11) is 4.67. The van der Waals surface area contributed by atoms with Gasteiger partial charge in [0.05, 0.1) is 26.7 Å². The maximum atomic E-state index is 11.3. The van der Waals surface area contributed by atoms with Gasteiger partial charge >= 0.3 is 5.97 Å². The summed E-state index contributed by atoms with van der Waals surface area (Å²) in [5.74, 6) is 1.07. The number of ether oxygens (including phenoxy) is 3. The van der Waals surface area contributed by atoms with Crippen LogP contribution in [-0.4, -0.2) is 32.4 Å². The van der Waals surface area contributed by atoms with Crippen molar-refractivity contribution in [2.45, 2.75) is 19.3 Å². The number of hydrogen-bond donors (Lipinski definition) is 1. The van der Waals surface area contributed by atoms with Crippen molar-refractivity contribution in [3.8, 4) is 17.2 Å². The Bertz CT molecular complexity index is 466. The van der Waals surface area contributed by atoms with Gasteiger partial charge in [0.25, 0.3) is 0 Å². The van der Waals surface area contributed by atoms with Gasteiger partial charge in [-0.05, 0) is 19.3 Å². The SMILES string of the molecule is COc1cc(OC)c(CC2(C(=O)O)CC2)c(OC)c1. The minimum absolute atomic E-state index is 0.415. The van der Waals surface area contributed by atoms with Crippen LogP contribution in [0, 0.1) is 5.41 Å². The molecular weight excluding hydrogens is 248 g/mol. The Morgan fingerprint density at radius 3 is 2.00 bits per heavy atom. The van der Waals surface area contributed by atoms with Crippen molar-refractivity contribution < 1.29 is 24.1 Å². The molecule has 1 aromatic carbocycles. The Labute approximate surface area is 112 Å². The number of methoxy groups -OCH3 is 3. The minimum atomic E-state index is -0.757. The topological polar surface area (TPSA) is 65.0 Å².